The van der Waals surface area contributed by atoms with E-state index in [1.165, 1.54) is 19.3 Å². The first-order valence-corrected chi connectivity index (χ1v) is 5.51. The summed E-state index contributed by atoms with van der Waals surface area (Å²) in [5.74, 6) is 1.08. The maximum atomic E-state index is 11.5. The summed E-state index contributed by atoms with van der Waals surface area (Å²) in [6, 6.07) is 0. The summed E-state index contributed by atoms with van der Waals surface area (Å²) in [6.07, 6.45) is 5.51. The third-order valence-electron chi connectivity index (χ3n) is 2.77. The highest BCUT2D eigenvalue weighted by Gasteiger charge is 2.21. The van der Waals surface area contributed by atoms with Crippen molar-refractivity contribution in [1.82, 2.24) is 4.90 Å². The first-order valence-electron chi connectivity index (χ1n) is 5.51. The number of carbonyl (C=O) groups is 1. The fraction of sp³-hybridized carbons (Fsp3) is 0.909. The molecule has 1 heterocycles. The Morgan fingerprint density at radius 1 is 1.46 bits per heavy atom. The second-order valence-electron chi connectivity index (χ2n) is 4.19. The first kappa shape index (κ1) is 10.6. The Bertz CT molecular complexity index is 167. The van der Waals surface area contributed by atoms with Gasteiger partial charge in [0.2, 0.25) is 5.91 Å². The Kier molecular flexibility index (Phi) is 4.26. The van der Waals surface area contributed by atoms with Crippen LogP contribution in [0.3, 0.4) is 0 Å². The second-order valence-corrected chi connectivity index (χ2v) is 4.19. The summed E-state index contributed by atoms with van der Waals surface area (Å²) >= 11 is 0. The van der Waals surface area contributed by atoms with Crippen molar-refractivity contribution in [1.29, 1.82) is 0 Å². The van der Waals surface area contributed by atoms with Crippen LogP contribution in [0.4, 0.5) is 0 Å². The van der Waals surface area contributed by atoms with Gasteiger partial charge in [0.05, 0.1) is 0 Å². The minimum atomic E-state index is 0.370. The highest BCUT2D eigenvalue weighted by molar-refractivity contribution is 5.76. The topological polar surface area (TPSA) is 20.3 Å². The molecule has 0 bridgehead atoms. The normalized spacial score (nSPS) is 23.7. The zero-order valence-corrected chi connectivity index (χ0v) is 8.88. The molecule has 1 saturated heterocycles. The summed E-state index contributed by atoms with van der Waals surface area (Å²) in [6.45, 7) is 6.40. The molecule has 0 N–H and O–H groups in total. The predicted molar refractivity (Wildman–Crippen MR) is 54.5 cm³/mol. The smallest absolute Gasteiger partial charge is 0.222 e. The molecular weight excluding hydrogens is 162 g/mol. The molecule has 1 atom stereocenters. The number of unbranched alkanes of at least 4 members (excludes halogenated alkanes) is 2. The molecule has 0 aromatic carbocycles. The molecule has 2 nitrogen and oxygen atoms in total. The Hall–Kier alpha value is -0.530. The van der Waals surface area contributed by atoms with E-state index in [1.807, 2.05) is 4.90 Å². The van der Waals surface area contributed by atoms with Gasteiger partial charge in [-0.3, -0.25) is 4.79 Å². The van der Waals surface area contributed by atoms with Gasteiger partial charge in [-0.25, -0.2) is 0 Å². The van der Waals surface area contributed by atoms with E-state index < -0.39 is 0 Å². The third kappa shape index (κ3) is 3.37. The molecule has 76 valence electrons. The van der Waals surface area contributed by atoms with Gasteiger partial charge < -0.3 is 4.90 Å². The van der Waals surface area contributed by atoms with E-state index >= 15 is 0 Å². The number of amides is 1. The molecule has 0 aliphatic carbocycles. The number of nitrogens with zero attached hydrogens (tertiary/aromatic N) is 1. The van der Waals surface area contributed by atoms with Crippen molar-refractivity contribution < 1.29 is 4.79 Å². The van der Waals surface area contributed by atoms with Crippen LogP contribution in [0.15, 0.2) is 0 Å². The van der Waals surface area contributed by atoms with Crippen molar-refractivity contribution in [2.75, 3.05) is 13.1 Å². The standard InChI is InChI=1S/C11H21NO/c1-3-4-5-8-12-9-10(2)6-7-11(12)13/h10H,3-9H2,1-2H3. The fourth-order valence-corrected chi connectivity index (χ4v) is 1.87. The Labute approximate surface area is 81.3 Å². The fourth-order valence-electron chi connectivity index (χ4n) is 1.87. The molecular formula is C11H21NO. The largest absolute Gasteiger partial charge is 0.342 e. The summed E-state index contributed by atoms with van der Waals surface area (Å²) < 4.78 is 0. The second kappa shape index (κ2) is 5.25. The van der Waals surface area contributed by atoms with Crippen LogP contribution in [0.25, 0.3) is 0 Å². The van der Waals surface area contributed by atoms with Gasteiger partial charge in [-0.05, 0) is 18.8 Å². The van der Waals surface area contributed by atoms with Crippen molar-refractivity contribution in [3.8, 4) is 0 Å². The van der Waals surface area contributed by atoms with Gasteiger partial charge >= 0.3 is 0 Å². The molecule has 1 fully saturated rings. The van der Waals surface area contributed by atoms with Crippen LogP contribution in [-0.2, 0) is 4.79 Å². The number of likely N-dealkylation sites (tertiary alicyclic amines) is 1. The average molecular weight is 183 g/mol. The number of piperidine rings is 1. The Morgan fingerprint density at radius 2 is 2.23 bits per heavy atom. The van der Waals surface area contributed by atoms with Crippen LogP contribution in [0.2, 0.25) is 0 Å². The molecule has 13 heavy (non-hydrogen) atoms. The highest BCUT2D eigenvalue weighted by Crippen LogP contribution is 2.17. The van der Waals surface area contributed by atoms with Crippen LogP contribution in [0.1, 0.15) is 46.0 Å². The van der Waals surface area contributed by atoms with E-state index in [9.17, 15) is 4.79 Å². The van der Waals surface area contributed by atoms with Crippen molar-refractivity contribution in [3.63, 3.8) is 0 Å². The molecule has 0 aromatic rings. The van der Waals surface area contributed by atoms with Crippen molar-refractivity contribution >= 4 is 5.91 Å². The lowest BCUT2D eigenvalue weighted by atomic mass is 9.99. The van der Waals surface area contributed by atoms with Crippen LogP contribution in [-0.4, -0.2) is 23.9 Å². The van der Waals surface area contributed by atoms with E-state index in [4.69, 9.17) is 0 Å². The third-order valence-corrected chi connectivity index (χ3v) is 2.77. The molecule has 1 aliphatic heterocycles. The maximum absolute atomic E-state index is 11.5. The molecule has 0 aromatic heterocycles. The highest BCUT2D eigenvalue weighted by atomic mass is 16.2. The van der Waals surface area contributed by atoms with Gasteiger partial charge in [0.25, 0.3) is 0 Å². The van der Waals surface area contributed by atoms with E-state index in [1.54, 1.807) is 0 Å². The van der Waals surface area contributed by atoms with Crippen LogP contribution in [0, 0.1) is 5.92 Å². The monoisotopic (exact) mass is 183 g/mol. The van der Waals surface area contributed by atoms with Gasteiger partial charge in [-0.15, -0.1) is 0 Å². The average Bonchev–Trinajstić information content (AvgIpc) is 2.11. The van der Waals surface area contributed by atoms with Crippen molar-refractivity contribution in [3.05, 3.63) is 0 Å². The summed E-state index contributed by atoms with van der Waals surface area (Å²) in [5.41, 5.74) is 0. The predicted octanol–water partition coefficient (Wildman–Crippen LogP) is 2.44. The van der Waals surface area contributed by atoms with Gasteiger partial charge in [0.1, 0.15) is 0 Å². The zero-order chi connectivity index (χ0) is 9.68. The molecule has 0 saturated carbocycles. The van der Waals surface area contributed by atoms with E-state index in [-0.39, 0.29) is 0 Å². The van der Waals surface area contributed by atoms with E-state index in [0.717, 1.165) is 25.9 Å². The molecule has 0 spiro atoms. The molecule has 1 aliphatic rings. The van der Waals surface area contributed by atoms with Gasteiger partial charge in [-0.1, -0.05) is 26.7 Å². The van der Waals surface area contributed by atoms with Crippen molar-refractivity contribution in [2.45, 2.75) is 46.0 Å². The lowest BCUT2D eigenvalue weighted by molar-refractivity contribution is -0.134. The molecule has 1 rings (SSSR count). The maximum Gasteiger partial charge on any atom is 0.222 e. The van der Waals surface area contributed by atoms with Crippen LogP contribution < -0.4 is 0 Å². The summed E-state index contributed by atoms with van der Waals surface area (Å²) in [5, 5.41) is 0. The number of carbonyl (C=O) groups excluding carboxylic acids is 1. The van der Waals surface area contributed by atoms with Crippen molar-refractivity contribution in [2.24, 2.45) is 5.92 Å². The molecule has 2 heteroatoms. The number of rotatable bonds is 4. The first-order chi connectivity index (χ1) is 6.24. The lowest BCUT2D eigenvalue weighted by Crippen LogP contribution is -2.39. The van der Waals surface area contributed by atoms with E-state index in [2.05, 4.69) is 13.8 Å². The molecule has 0 radical (unpaired) electrons. The minimum absolute atomic E-state index is 0.370. The summed E-state index contributed by atoms with van der Waals surface area (Å²) in [7, 11) is 0. The van der Waals surface area contributed by atoms with Gasteiger partial charge in [0.15, 0.2) is 0 Å². The molecule has 1 unspecified atom stereocenters. The molecule has 1 amide bonds. The SMILES string of the molecule is CCCCCN1CC(C)CCC1=O. The quantitative estimate of drug-likeness (QED) is 0.613. The van der Waals surface area contributed by atoms with Gasteiger partial charge in [0, 0.05) is 19.5 Å². The number of hydrogen-bond acceptors (Lipinski definition) is 1. The van der Waals surface area contributed by atoms with Crippen LogP contribution in [0.5, 0.6) is 0 Å². The minimum Gasteiger partial charge on any atom is -0.342 e. The van der Waals surface area contributed by atoms with Gasteiger partial charge in [-0.2, -0.15) is 0 Å². The Balaban J connectivity index is 2.25. The zero-order valence-electron chi connectivity index (χ0n) is 8.88. The number of hydrogen-bond donors (Lipinski definition) is 0. The Morgan fingerprint density at radius 3 is 2.92 bits per heavy atom. The van der Waals surface area contributed by atoms with Crippen LogP contribution >= 0.6 is 0 Å². The summed E-state index contributed by atoms with van der Waals surface area (Å²) in [4.78, 5) is 13.5. The lowest BCUT2D eigenvalue weighted by Gasteiger charge is -2.30. The van der Waals surface area contributed by atoms with E-state index in [0.29, 0.717) is 11.8 Å².